The van der Waals surface area contributed by atoms with Gasteiger partial charge in [0.15, 0.2) is 12.4 Å². The van der Waals surface area contributed by atoms with E-state index >= 15 is 0 Å². The molecule has 0 aliphatic heterocycles. The van der Waals surface area contributed by atoms with Crippen molar-refractivity contribution >= 4 is 17.9 Å². The normalized spacial score (nSPS) is 13.6. The van der Waals surface area contributed by atoms with Gasteiger partial charge in [0.2, 0.25) is 0 Å². The van der Waals surface area contributed by atoms with E-state index in [9.17, 15) is 19.5 Å². The number of rotatable bonds is 46. The average molecular weight is 910 g/mol. The molecule has 65 heavy (non-hydrogen) atoms. The van der Waals surface area contributed by atoms with Gasteiger partial charge in [-0.15, -0.1) is 0 Å². The van der Waals surface area contributed by atoms with Gasteiger partial charge < -0.3 is 33.3 Å². The van der Waals surface area contributed by atoms with Gasteiger partial charge in [-0.2, -0.15) is 0 Å². The number of hydrogen-bond donors (Lipinski definition) is 0. The van der Waals surface area contributed by atoms with E-state index in [1.807, 2.05) is 21.1 Å². The number of likely N-dealkylation sites (N-methyl/N-ethyl adjacent to an activating group) is 1. The summed E-state index contributed by atoms with van der Waals surface area (Å²) in [7, 11) is 5.90. The Bertz CT molecular complexity index is 1340. The maximum Gasteiger partial charge on any atom is 0.306 e. The molecule has 0 rings (SSSR count). The van der Waals surface area contributed by atoms with Gasteiger partial charge in [-0.05, 0) is 89.9 Å². The molecule has 0 spiro atoms. The Hall–Kier alpha value is -3.53. The van der Waals surface area contributed by atoms with Crippen LogP contribution in [0.15, 0.2) is 85.1 Å². The van der Waals surface area contributed by atoms with E-state index in [0.717, 1.165) is 96.3 Å². The summed E-state index contributed by atoms with van der Waals surface area (Å²) in [5.74, 6) is -2.32. The first-order valence-electron chi connectivity index (χ1n) is 25.7. The van der Waals surface area contributed by atoms with Crippen LogP contribution in [0.5, 0.6) is 0 Å². The van der Waals surface area contributed by atoms with Crippen molar-refractivity contribution in [2.45, 2.75) is 206 Å². The second-order valence-electron chi connectivity index (χ2n) is 18.1. The highest BCUT2D eigenvalue weighted by Crippen LogP contribution is 2.14. The first-order valence-corrected chi connectivity index (χ1v) is 25.7. The quantitative estimate of drug-likeness (QED) is 0.0195. The zero-order valence-corrected chi connectivity index (χ0v) is 42.1. The molecule has 0 radical (unpaired) electrons. The number of nitrogens with zero attached hydrogens (tertiary/aromatic N) is 1. The van der Waals surface area contributed by atoms with E-state index in [-0.39, 0.29) is 38.6 Å². The van der Waals surface area contributed by atoms with Gasteiger partial charge in [0.25, 0.3) is 0 Å². The van der Waals surface area contributed by atoms with Crippen molar-refractivity contribution in [2.24, 2.45) is 0 Å². The van der Waals surface area contributed by atoms with Crippen molar-refractivity contribution in [3.63, 3.8) is 0 Å². The number of aliphatic carboxylic acids is 1. The van der Waals surface area contributed by atoms with Crippen molar-refractivity contribution in [2.75, 3.05) is 47.5 Å². The van der Waals surface area contributed by atoms with Crippen LogP contribution < -0.4 is 5.11 Å². The number of hydrogen-bond acceptors (Lipinski definition) is 8. The van der Waals surface area contributed by atoms with Crippen LogP contribution in [-0.4, -0.2) is 82.3 Å². The van der Waals surface area contributed by atoms with Crippen LogP contribution in [0.2, 0.25) is 0 Å². The molecule has 0 saturated heterocycles. The Morgan fingerprint density at radius 3 is 1.31 bits per heavy atom. The zero-order valence-electron chi connectivity index (χ0n) is 42.1. The van der Waals surface area contributed by atoms with Crippen LogP contribution in [0.1, 0.15) is 194 Å². The van der Waals surface area contributed by atoms with Gasteiger partial charge in [0.05, 0.1) is 40.3 Å². The fourth-order valence-corrected chi connectivity index (χ4v) is 6.65. The Morgan fingerprint density at radius 2 is 0.877 bits per heavy atom. The highest BCUT2D eigenvalue weighted by atomic mass is 16.7. The van der Waals surface area contributed by atoms with E-state index in [1.54, 1.807) is 0 Å². The topological polar surface area (TPSA) is 111 Å². The van der Waals surface area contributed by atoms with Crippen molar-refractivity contribution in [1.82, 2.24) is 0 Å². The zero-order chi connectivity index (χ0) is 47.7. The highest BCUT2D eigenvalue weighted by Gasteiger charge is 2.21. The van der Waals surface area contributed by atoms with Crippen molar-refractivity contribution in [3.05, 3.63) is 85.1 Å². The van der Waals surface area contributed by atoms with Crippen LogP contribution in [-0.2, 0) is 33.3 Å². The van der Waals surface area contributed by atoms with Gasteiger partial charge in [0, 0.05) is 12.8 Å². The Labute approximate surface area is 398 Å². The van der Waals surface area contributed by atoms with Crippen molar-refractivity contribution in [3.8, 4) is 0 Å². The molecule has 0 aliphatic rings. The number of carbonyl (C=O) groups excluding carboxylic acids is 3. The summed E-state index contributed by atoms with van der Waals surface area (Å²) < 4.78 is 22.6. The molecule has 2 atom stereocenters. The molecule has 0 aliphatic carbocycles. The SMILES string of the molecule is CC/C=C\C/C=C\C/C=C\C/C=C\C/C=C\CCCCCCCCCC(=O)OC(COC(=O)CCCCCCCCC/C=C\C/C=C\CCCCC)COC(OCC[N+](C)(C)C)C(=O)[O-]. The predicted molar refractivity (Wildman–Crippen MR) is 269 cm³/mol. The summed E-state index contributed by atoms with van der Waals surface area (Å²) in [6.45, 7) is 4.57. The lowest BCUT2D eigenvalue weighted by molar-refractivity contribution is -0.870. The van der Waals surface area contributed by atoms with Gasteiger partial charge in [-0.1, -0.05) is 176 Å². The summed E-state index contributed by atoms with van der Waals surface area (Å²) in [6, 6.07) is 0. The van der Waals surface area contributed by atoms with Crippen LogP contribution in [0.3, 0.4) is 0 Å². The molecule has 0 bridgehead atoms. The van der Waals surface area contributed by atoms with Crippen molar-refractivity contribution < 1.29 is 42.9 Å². The molecule has 0 fully saturated rings. The largest absolute Gasteiger partial charge is 0.545 e. The second-order valence-corrected chi connectivity index (χ2v) is 18.1. The molecular formula is C56H95NO8. The van der Waals surface area contributed by atoms with Gasteiger partial charge in [-0.3, -0.25) is 9.59 Å². The number of carboxylic acid groups (broad SMARTS) is 1. The molecule has 0 aromatic heterocycles. The molecule has 2 unspecified atom stereocenters. The lowest BCUT2D eigenvalue weighted by atomic mass is 10.1. The molecule has 0 heterocycles. The van der Waals surface area contributed by atoms with E-state index in [4.69, 9.17) is 18.9 Å². The van der Waals surface area contributed by atoms with Crippen LogP contribution in [0, 0.1) is 0 Å². The summed E-state index contributed by atoms with van der Waals surface area (Å²) >= 11 is 0. The predicted octanol–water partition coefficient (Wildman–Crippen LogP) is 13.1. The molecule has 9 heteroatoms. The van der Waals surface area contributed by atoms with Crippen LogP contribution in [0.25, 0.3) is 0 Å². The summed E-state index contributed by atoms with van der Waals surface area (Å²) in [6.07, 6.45) is 57.5. The molecule has 0 aromatic carbocycles. The van der Waals surface area contributed by atoms with E-state index in [0.29, 0.717) is 17.4 Å². The standard InChI is InChI=1S/C56H95NO8/c1-6-8-10-12-14-16-18-20-22-24-25-26-27-28-29-31-33-35-37-39-41-43-45-47-54(59)65-52(51-64-56(55(60)61)62-49-48-57(3,4)5)50-63-53(58)46-44-42-40-38-36-34-32-30-23-21-19-17-15-13-11-9-7-2/h8,10,14-17,20-23,25-26,28-29,52,56H,6-7,9,11-13,18-19,24,27,30-51H2,1-5H3/b10-8-,16-14-,17-15-,22-20-,23-21-,26-25-,29-28-. The summed E-state index contributed by atoms with van der Waals surface area (Å²) in [5, 5.41) is 11.7. The van der Waals surface area contributed by atoms with Gasteiger partial charge >= 0.3 is 11.9 Å². The minimum absolute atomic E-state index is 0.139. The highest BCUT2D eigenvalue weighted by molar-refractivity contribution is 5.70. The first kappa shape index (κ1) is 61.5. The van der Waals surface area contributed by atoms with Crippen molar-refractivity contribution in [1.29, 1.82) is 0 Å². The van der Waals surface area contributed by atoms with E-state index < -0.39 is 24.3 Å². The lowest BCUT2D eigenvalue weighted by Crippen LogP contribution is -2.44. The monoisotopic (exact) mass is 910 g/mol. The number of unbranched alkanes of at least 4 members (excludes halogenated alkanes) is 17. The van der Waals surface area contributed by atoms with Crippen LogP contribution >= 0.6 is 0 Å². The molecular weight excluding hydrogens is 815 g/mol. The number of ether oxygens (including phenoxy) is 4. The Balaban J connectivity index is 4.39. The maximum atomic E-state index is 12.8. The third-order valence-corrected chi connectivity index (χ3v) is 10.6. The smallest absolute Gasteiger partial charge is 0.306 e. The number of carbonyl (C=O) groups is 3. The maximum absolute atomic E-state index is 12.8. The number of quaternary nitrogens is 1. The average Bonchev–Trinajstić information content (AvgIpc) is 3.27. The molecule has 372 valence electrons. The van der Waals surface area contributed by atoms with E-state index in [1.165, 1.54) is 64.2 Å². The van der Waals surface area contributed by atoms with Crippen LogP contribution in [0.4, 0.5) is 0 Å². The molecule has 0 aromatic rings. The summed E-state index contributed by atoms with van der Waals surface area (Å²) in [4.78, 5) is 37.2. The Morgan fingerprint density at radius 1 is 0.477 bits per heavy atom. The fourth-order valence-electron chi connectivity index (χ4n) is 6.65. The molecule has 0 N–H and O–H groups in total. The van der Waals surface area contributed by atoms with Gasteiger partial charge in [0.1, 0.15) is 13.2 Å². The minimum atomic E-state index is -1.63. The second kappa shape index (κ2) is 47.0. The Kier molecular flexibility index (Phi) is 44.4. The first-order chi connectivity index (χ1) is 31.6. The summed E-state index contributed by atoms with van der Waals surface area (Å²) in [5.41, 5.74) is 0. The fraction of sp³-hybridized carbons (Fsp3) is 0.696. The third kappa shape index (κ3) is 48.2. The molecule has 9 nitrogen and oxygen atoms in total. The molecule has 0 saturated carbocycles. The number of allylic oxidation sites excluding steroid dienone is 14. The third-order valence-electron chi connectivity index (χ3n) is 10.6. The number of carboxylic acids is 1. The molecule has 0 amide bonds. The van der Waals surface area contributed by atoms with Gasteiger partial charge in [-0.25, -0.2) is 0 Å². The number of esters is 2. The van der Waals surface area contributed by atoms with E-state index in [2.05, 4.69) is 98.9 Å². The lowest BCUT2D eigenvalue weighted by Gasteiger charge is -2.26. The minimum Gasteiger partial charge on any atom is -0.545 e.